The van der Waals surface area contributed by atoms with Gasteiger partial charge in [-0.3, -0.25) is 0 Å². The quantitative estimate of drug-likeness (QED) is 0.397. The van der Waals surface area contributed by atoms with Crippen LogP contribution in [-0.4, -0.2) is 40.7 Å². The molecule has 30 heavy (non-hydrogen) atoms. The largest absolute Gasteiger partial charge is 0.465 e. The summed E-state index contributed by atoms with van der Waals surface area (Å²) in [6, 6.07) is 6.89. The number of rotatable bonds is 12. The summed E-state index contributed by atoms with van der Waals surface area (Å²) in [5, 5.41) is 12.3. The summed E-state index contributed by atoms with van der Waals surface area (Å²) in [6.07, 6.45) is 12.7. The molecule has 166 valence electrons. The van der Waals surface area contributed by atoms with Gasteiger partial charge in [0.1, 0.15) is 5.52 Å². The van der Waals surface area contributed by atoms with Crippen LogP contribution in [0.15, 0.2) is 22.6 Å². The number of hydrogen-bond acceptors (Lipinski definition) is 4. The van der Waals surface area contributed by atoms with E-state index >= 15 is 0 Å². The van der Waals surface area contributed by atoms with E-state index in [1.807, 2.05) is 6.07 Å². The van der Waals surface area contributed by atoms with Crippen LogP contribution in [0.4, 0.5) is 10.8 Å². The fraction of sp³-hybridized carbons (Fsp3) is 0.667. The number of amides is 1. The van der Waals surface area contributed by atoms with Gasteiger partial charge in [-0.15, -0.1) is 0 Å². The second kappa shape index (κ2) is 11.8. The number of carboxylic acid groups (broad SMARTS) is 1. The summed E-state index contributed by atoms with van der Waals surface area (Å²) < 4.78 is 5.84. The molecule has 1 aliphatic heterocycles. The number of anilines is 1. The zero-order chi connectivity index (χ0) is 21.2. The summed E-state index contributed by atoms with van der Waals surface area (Å²) in [7, 11) is 0. The number of aromatic nitrogens is 1. The van der Waals surface area contributed by atoms with Gasteiger partial charge in [-0.1, -0.05) is 57.9 Å². The van der Waals surface area contributed by atoms with Gasteiger partial charge in [-0.05, 0) is 49.3 Å². The van der Waals surface area contributed by atoms with Crippen LogP contribution in [-0.2, 0) is 6.42 Å². The predicted molar refractivity (Wildman–Crippen MR) is 121 cm³/mol. The number of fused-ring (bicyclic) bond motifs is 1. The average molecular weight is 416 g/mol. The van der Waals surface area contributed by atoms with Crippen molar-refractivity contribution in [3.05, 3.63) is 23.8 Å². The van der Waals surface area contributed by atoms with Gasteiger partial charge in [-0.2, -0.15) is 4.98 Å². The molecule has 1 aromatic carbocycles. The van der Waals surface area contributed by atoms with Crippen LogP contribution in [0.25, 0.3) is 11.1 Å². The second-order valence-corrected chi connectivity index (χ2v) is 8.64. The molecule has 0 saturated carbocycles. The van der Waals surface area contributed by atoms with Crippen LogP contribution >= 0.6 is 0 Å². The van der Waals surface area contributed by atoms with Crippen molar-refractivity contribution in [2.75, 3.05) is 25.0 Å². The molecule has 6 nitrogen and oxygen atoms in total. The second-order valence-electron chi connectivity index (χ2n) is 8.64. The SMILES string of the molecule is CCCCCCCCCCc1ccc2oc(NCC3CCN(C(=O)O)CC3)nc2c1. The monoisotopic (exact) mass is 415 g/mol. The molecule has 3 rings (SSSR count). The molecule has 1 amide bonds. The van der Waals surface area contributed by atoms with Gasteiger partial charge < -0.3 is 19.7 Å². The third-order valence-corrected chi connectivity index (χ3v) is 6.20. The highest BCUT2D eigenvalue weighted by Gasteiger charge is 2.22. The van der Waals surface area contributed by atoms with E-state index in [4.69, 9.17) is 9.52 Å². The van der Waals surface area contributed by atoms with E-state index in [0.717, 1.165) is 36.9 Å². The van der Waals surface area contributed by atoms with Gasteiger partial charge in [0, 0.05) is 19.6 Å². The Balaban J connectivity index is 1.38. The Morgan fingerprint density at radius 1 is 1.13 bits per heavy atom. The van der Waals surface area contributed by atoms with E-state index in [2.05, 4.69) is 29.4 Å². The molecule has 2 N–H and O–H groups in total. The Hall–Kier alpha value is -2.24. The number of hydrogen-bond donors (Lipinski definition) is 2. The van der Waals surface area contributed by atoms with Crippen molar-refractivity contribution in [3.63, 3.8) is 0 Å². The Morgan fingerprint density at radius 2 is 1.83 bits per heavy atom. The maximum atomic E-state index is 11.0. The van der Waals surface area contributed by atoms with E-state index in [-0.39, 0.29) is 0 Å². The van der Waals surface area contributed by atoms with Gasteiger partial charge >= 0.3 is 6.09 Å². The Bertz CT molecular complexity index is 781. The summed E-state index contributed by atoms with van der Waals surface area (Å²) in [5.74, 6) is 0.452. The van der Waals surface area contributed by atoms with Crippen molar-refractivity contribution in [1.82, 2.24) is 9.88 Å². The number of nitrogens with zero attached hydrogens (tertiary/aromatic N) is 2. The molecule has 0 atom stereocenters. The van der Waals surface area contributed by atoms with Crippen molar-refractivity contribution >= 4 is 23.2 Å². The Morgan fingerprint density at radius 3 is 2.53 bits per heavy atom. The van der Waals surface area contributed by atoms with Crippen LogP contribution in [0, 0.1) is 5.92 Å². The molecule has 0 bridgehead atoms. The lowest BCUT2D eigenvalue weighted by Gasteiger charge is -2.29. The van der Waals surface area contributed by atoms with E-state index in [1.54, 1.807) is 0 Å². The van der Waals surface area contributed by atoms with E-state index in [1.165, 1.54) is 61.8 Å². The molecular weight excluding hydrogens is 378 g/mol. The van der Waals surface area contributed by atoms with E-state index in [9.17, 15) is 4.79 Å². The van der Waals surface area contributed by atoms with Crippen molar-refractivity contribution in [1.29, 1.82) is 0 Å². The van der Waals surface area contributed by atoms with Crippen molar-refractivity contribution in [3.8, 4) is 0 Å². The molecule has 2 heterocycles. The molecular formula is C24H37N3O3. The number of carbonyl (C=O) groups is 1. The Labute approximate surface area is 180 Å². The molecule has 1 saturated heterocycles. The first kappa shape index (κ1) is 22.4. The summed E-state index contributed by atoms with van der Waals surface area (Å²) in [4.78, 5) is 17.1. The van der Waals surface area contributed by atoms with Crippen molar-refractivity contribution in [2.24, 2.45) is 5.92 Å². The number of benzene rings is 1. The van der Waals surface area contributed by atoms with Crippen molar-refractivity contribution in [2.45, 2.75) is 77.6 Å². The minimum absolute atomic E-state index is 0.452. The average Bonchev–Trinajstić information content (AvgIpc) is 3.16. The normalized spacial score (nSPS) is 15.0. The smallest absolute Gasteiger partial charge is 0.407 e. The molecule has 0 aliphatic carbocycles. The zero-order valence-corrected chi connectivity index (χ0v) is 18.4. The van der Waals surface area contributed by atoms with Crippen LogP contribution in [0.5, 0.6) is 0 Å². The molecule has 0 unspecified atom stereocenters. The fourth-order valence-electron chi connectivity index (χ4n) is 4.23. The third kappa shape index (κ3) is 6.92. The van der Waals surface area contributed by atoms with Crippen LogP contribution in [0.3, 0.4) is 0 Å². The number of unbranched alkanes of at least 4 members (excludes halogenated alkanes) is 7. The number of oxazole rings is 1. The van der Waals surface area contributed by atoms with Crippen molar-refractivity contribution < 1.29 is 14.3 Å². The standard InChI is InChI=1S/C24H37N3O3/c1-2-3-4-5-6-7-8-9-10-19-11-12-22-21(17-19)26-23(30-22)25-18-20-13-15-27(16-14-20)24(28)29/h11-12,17,20H,2-10,13-16,18H2,1H3,(H,25,26)(H,28,29). The highest BCUT2D eigenvalue weighted by atomic mass is 16.4. The molecule has 0 radical (unpaired) electrons. The lowest BCUT2D eigenvalue weighted by molar-refractivity contribution is 0.126. The van der Waals surface area contributed by atoms with Crippen LogP contribution in [0.2, 0.25) is 0 Å². The molecule has 2 aromatic rings. The van der Waals surface area contributed by atoms with Gasteiger partial charge in [0.2, 0.25) is 0 Å². The van der Waals surface area contributed by atoms with Gasteiger partial charge in [-0.25, -0.2) is 4.79 Å². The number of piperidine rings is 1. The molecule has 1 fully saturated rings. The fourth-order valence-corrected chi connectivity index (χ4v) is 4.23. The minimum Gasteiger partial charge on any atom is -0.465 e. The Kier molecular flexibility index (Phi) is 8.84. The van der Waals surface area contributed by atoms with Crippen LogP contribution < -0.4 is 5.32 Å². The molecule has 1 aliphatic rings. The van der Waals surface area contributed by atoms with E-state index in [0.29, 0.717) is 25.0 Å². The highest BCUT2D eigenvalue weighted by molar-refractivity contribution is 5.75. The third-order valence-electron chi connectivity index (χ3n) is 6.20. The van der Waals surface area contributed by atoms with Crippen LogP contribution in [0.1, 0.15) is 76.7 Å². The first-order chi connectivity index (χ1) is 14.7. The lowest BCUT2D eigenvalue weighted by atomic mass is 9.97. The number of nitrogens with one attached hydrogen (secondary N) is 1. The molecule has 1 aromatic heterocycles. The first-order valence-electron chi connectivity index (χ1n) is 11.8. The maximum absolute atomic E-state index is 11.0. The number of likely N-dealkylation sites (tertiary alicyclic amines) is 1. The van der Waals surface area contributed by atoms with Gasteiger partial charge in [0.25, 0.3) is 6.01 Å². The predicted octanol–water partition coefficient (Wildman–Crippen LogP) is 6.31. The lowest BCUT2D eigenvalue weighted by Crippen LogP contribution is -2.39. The zero-order valence-electron chi connectivity index (χ0n) is 18.4. The molecule has 0 spiro atoms. The number of aryl methyl sites for hydroxylation is 1. The molecule has 6 heteroatoms. The summed E-state index contributed by atoms with van der Waals surface area (Å²) >= 11 is 0. The van der Waals surface area contributed by atoms with Gasteiger partial charge in [0.05, 0.1) is 0 Å². The summed E-state index contributed by atoms with van der Waals surface area (Å²) in [6.45, 7) is 4.25. The van der Waals surface area contributed by atoms with E-state index < -0.39 is 6.09 Å². The first-order valence-corrected chi connectivity index (χ1v) is 11.8. The topological polar surface area (TPSA) is 78.6 Å². The highest BCUT2D eigenvalue weighted by Crippen LogP contribution is 2.23. The minimum atomic E-state index is -0.817. The van der Waals surface area contributed by atoms with Gasteiger partial charge in [0.15, 0.2) is 5.58 Å². The summed E-state index contributed by atoms with van der Waals surface area (Å²) in [5.41, 5.74) is 3.06. The maximum Gasteiger partial charge on any atom is 0.407 e.